The van der Waals surface area contributed by atoms with E-state index in [0.29, 0.717) is 0 Å². The molecule has 0 bridgehead atoms. The van der Waals surface area contributed by atoms with Crippen LogP contribution in [0.2, 0.25) is 0 Å². The van der Waals surface area contributed by atoms with E-state index in [1.165, 1.54) is 6.92 Å². The summed E-state index contributed by atoms with van der Waals surface area (Å²) in [4.78, 5) is 24.9. The molecule has 20 heavy (non-hydrogen) atoms. The van der Waals surface area contributed by atoms with Crippen molar-refractivity contribution in [2.24, 2.45) is 17.1 Å². The molecule has 0 aromatic rings. The van der Waals surface area contributed by atoms with E-state index in [-0.39, 0.29) is 28.9 Å². The Morgan fingerprint density at radius 2 is 1.70 bits per heavy atom. The van der Waals surface area contributed by atoms with Crippen LogP contribution in [0.1, 0.15) is 41.5 Å². The fraction of sp³-hybridized carbons (Fsp3) is 0.733. The van der Waals surface area contributed by atoms with Crippen LogP contribution in [0.3, 0.4) is 0 Å². The van der Waals surface area contributed by atoms with E-state index in [0.717, 1.165) is 0 Å². The highest BCUT2D eigenvalue weighted by Crippen LogP contribution is 2.21. The zero-order chi connectivity index (χ0) is 16.2. The van der Waals surface area contributed by atoms with E-state index in [2.05, 4.69) is 0 Å². The van der Waals surface area contributed by atoms with Crippen LogP contribution >= 0.6 is 0 Å². The molecule has 3 N–H and O–H groups in total. The molecule has 116 valence electrons. The Hall–Kier alpha value is -1.36. The van der Waals surface area contributed by atoms with Gasteiger partial charge in [0, 0.05) is 12.6 Å². The first-order valence-electron chi connectivity index (χ1n) is 6.83. The molecule has 0 unspecified atom stereocenters. The van der Waals surface area contributed by atoms with Crippen LogP contribution in [0.5, 0.6) is 0 Å². The van der Waals surface area contributed by atoms with Gasteiger partial charge in [-0.2, -0.15) is 0 Å². The van der Waals surface area contributed by atoms with Crippen LogP contribution < -0.4 is 5.73 Å². The molecule has 0 saturated heterocycles. The van der Waals surface area contributed by atoms with Gasteiger partial charge in [0.2, 0.25) is 5.91 Å². The number of carbonyl (C=O) groups excluding carboxylic acids is 1. The molecular formula is C15H28N2O3. The van der Waals surface area contributed by atoms with E-state index in [4.69, 9.17) is 10.8 Å². The summed E-state index contributed by atoms with van der Waals surface area (Å²) in [7, 11) is 1.67. The minimum atomic E-state index is -0.975. The predicted molar refractivity (Wildman–Crippen MR) is 80.2 cm³/mol. The van der Waals surface area contributed by atoms with Crippen LogP contribution in [-0.4, -0.2) is 41.0 Å². The Morgan fingerprint density at radius 3 is 2.00 bits per heavy atom. The van der Waals surface area contributed by atoms with Crippen LogP contribution in [0, 0.1) is 11.3 Å². The van der Waals surface area contributed by atoms with Crippen molar-refractivity contribution in [1.82, 2.24) is 4.90 Å². The van der Waals surface area contributed by atoms with E-state index in [1.54, 1.807) is 18.0 Å². The number of carboxylic acid groups (broad SMARTS) is 1. The quantitative estimate of drug-likeness (QED) is 0.755. The molecule has 0 aliphatic carbocycles. The second kappa shape index (κ2) is 6.88. The fourth-order valence-corrected chi connectivity index (χ4v) is 1.82. The highest BCUT2D eigenvalue weighted by Gasteiger charge is 2.32. The zero-order valence-electron chi connectivity index (χ0n) is 13.6. The van der Waals surface area contributed by atoms with Gasteiger partial charge in [0.05, 0.1) is 12.1 Å². The minimum absolute atomic E-state index is 0.102. The Bertz CT molecular complexity index is 394. The van der Waals surface area contributed by atoms with Crippen molar-refractivity contribution in [3.63, 3.8) is 0 Å². The summed E-state index contributed by atoms with van der Waals surface area (Å²) in [5, 5.41) is 8.98. The molecule has 0 radical (unpaired) electrons. The second-order valence-corrected chi connectivity index (χ2v) is 6.68. The highest BCUT2D eigenvalue weighted by atomic mass is 16.4. The average molecular weight is 284 g/mol. The van der Waals surface area contributed by atoms with Crippen molar-refractivity contribution >= 4 is 11.9 Å². The summed E-state index contributed by atoms with van der Waals surface area (Å²) in [6, 6.07) is -0.903. The van der Waals surface area contributed by atoms with Crippen LogP contribution in [0.15, 0.2) is 11.6 Å². The summed E-state index contributed by atoms with van der Waals surface area (Å²) in [5.41, 5.74) is 5.89. The van der Waals surface area contributed by atoms with Crippen molar-refractivity contribution in [2.45, 2.75) is 53.6 Å². The summed E-state index contributed by atoms with van der Waals surface area (Å²) >= 11 is 0. The van der Waals surface area contributed by atoms with Gasteiger partial charge in [-0.05, 0) is 18.3 Å². The maximum Gasteiger partial charge on any atom is 0.331 e. The molecule has 1 amide bonds. The molecule has 0 aliphatic heterocycles. The maximum absolute atomic E-state index is 12.4. The van der Waals surface area contributed by atoms with Crippen molar-refractivity contribution in [3.8, 4) is 0 Å². The van der Waals surface area contributed by atoms with E-state index in [1.807, 2.05) is 34.6 Å². The molecule has 0 aliphatic rings. The molecule has 0 rings (SSSR count). The van der Waals surface area contributed by atoms with Gasteiger partial charge in [0.1, 0.15) is 0 Å². The number of likely N-dealkylation sites (N-methyl/N-ethyl adjacent to an activating group) is 1. The third kappa shape index (κ3) is 4.96. The van der Waals surface area contributed by atoms with Crippen LogP contribution in [0.25, 0.3) is 0 Å². The zero-order valence-corrected chi connectivity index (χ0v) is 13.6. The number of aliphatic carboxylic acids is 1. The van der Waals surface area contributed by atoms with Crippen molar-refractivity contribution in [1.29, 1.82) is 0 Å². The third-order valence-electron chi connectivity index (χ3n) is 3.44. The van der Waals surface area contributed by atoms with Crippen molar-refractivity contribution in [2.75, 3.05) is 7.05 Å². The number of carbonyl (C=O) groups is 2. The van der Waals surface area contributed by atoms with E-state index < -0.39 is 12.0 Å². The first-order chi connectivity index (χ1) is 8.89. The smallest absolute Gasteiger partial charge is 0.331 e. The van der Waals surface area contributed by atoms with Gasteiger partial charge in [-0.15, -0.1) is 0 Å². The maximum atomic E-state index is 12.4. The monoisotopic (exact) mass is 284 g/mol. The van der Waals surface area contributed by atoms with Crippen LogP contribution in [0.4, 0.5) is 0 Å². The van der Waals surface area contributed by atoms with Crippen molar-refractivity contribution in [3.05, 3.63) is 11.6 Å². The van der Waals surface area contributed by atoms with E-state index >= 15 is 0 Å². The molecule has 0 spiro atoms. The highest BCUT2D eigenvalue weighted by molar-refractivity contribution is 5.86. The van der Waals surface area contributed by atoms with Crippen molar-refractivity contribution < 1.29 is 14.7 Å². The standard InChI is InChI=1S/C15H28N2O3/c1-9(2)11(8-10(3)14(19)20)17(7)13(18)12(16)15(4,5)6/h8-9,11-12H,16H2,1-7H3,(H,19,20)/t11-,12-/m1/s1. The van der Waals surface area contributed by atoms with Gasteiger partial charge in [-0.1, -0.05) is 40.7 Å². The van der Waals surface area contributed by atoms with E-state index in [9.17, 15) is 9.59 Å². The first-order valence-corrected chi connectivity index (χ1v) is 6.83. The lowest BCUT2D eigenvalue weighted by Gasteiger charge is -2.35. The van der Waals surface area contributed by atoms with Gasteiger partial charge in [0.15, 0.2) is 0 Å². The molecule has 0 saturated carbocycles. The molecule has 0 aromatic carbocycles. The summed E-state index contributed by atoms with van der Waals surface area (Å²) < 4.78 is 0. The topological polar surface area (TPSA) is 83.6 Å². The van der Waals surface area contributed by atoms with Crippen LogP contribution in [-0.2, 0) is 9.59 Å². The first kappa shape index (κ1) is 18.6. The molecule has 2 atom stereocenters. The number of amides is 1. The molecule has 0 heterocycles. The summed E-state index contributed by atoms with van der Waals surface area (Å²) in [6.07, 6.45) is 1.61. The average Bonchev–Trinajstić information content (AvgIpc) is 2.31. The molecule has 0 fully saturated rings. The molecule has 5 nitrogen and oxygen atoms in total. The minimum Gasteiger partial charge on any atom is -0.478 e. The fourth-order valence-electron chi connectivity index (χ4n) is 1.82. The summed E-state index contributed by atoms with van der Waals surface area (Å²) in [5.74, 6) is -1.05. The van der Waals surface area contributed by atoms with Gasteiger partial charge < -0.3 is 15.7 Å². The lowest BCUT2D eigenvalue weighted by Crippen LogP contribution is -2.52. The largest absolute Gasteiger partial charge is 0.478 e. The number of hydrogen-bond donors (Lipinski definition) is 2. The number of nitrogens with two attached hydrogens (primary N) is 1. The van der Waals surface area contributed by atoms with Gasteiger partial charge in [-0.25, -0.2) is 4.79 Å². The lowest BCUT2D eigenvalue weighted by molar-refractivity contribution is -0.136. The number of carboxylic acids is 1. The number of nitrogens with zero attached hydrogens (tertiary/aromatic N) is 1. The number of rotatable bonds is 5. The Labute approximate surface area is 121 Å². The third-order valence-corrected chi connectivity index (χ3v) is 3.44. The lowest BCUT2D eigenvalue weighted by atomic mass is 9.86. The Kier molecular flexibility index (Phi) is 6.41. The second-order valence-electron chi connectivity index (χ2n) is 6.68. The SMILES string of the molecule is CC(=C[C@H](C(C)C)N(C)C(=O)[C@@H](N)C(C)(C)C)C(=O)O. The molecule has 0 aromatic heterocycles. The Balaban J connectivity index is 5.28. The molecular weight excluding hydrogens is 256 g/mol. The van der Waals surface area contributed by atoms with Gasteiger partial charge in [-0.3, -0.25) is 4.79 Å². The summed E-state index contributed by atoms with van der Waals surface area (Å²) in [6.45, 7) is 11.1. The Morgan fingerprint density at radius 1 is 1.25 bits per heavy atom. The number of hydrogen-bond acceptors (Lipinski definition) is 3. The normalized spacial score (nSPS) is 15.9. The predicted octanol–water partition coefficient (Wildman–Crippen LogP) is 1.87. The molecule has 5 heteroatoms. The van der Waals surface area contributed by atoms with Gasteiger partial charge in [0.25, 0.3) is 0 Å². The van der Waals surface area contributed by atoms with Gasteiger partial charge >= 0.3 is 5.97 Å².